The van der Waals surface area contributed by atoms with E-state index in [2.05, 4.69) is 10.6 Å². The number of carbonyl (C=O) groups is 2. The van der Waals surface area contributed by atoms with Crippen molar-refractivity contribution in [1.82, 2.24) is 10.6 Å². The number of alkyl carbamates (subject to hydrolysis) is 1. The smallest absolute Gasteiger partial charge is 0.408 e. The molecule has 0 fully saturated rings. The van der Waals surface area contributed by atoms with E-state index >= 15 is 0 Å². The topological polar surface area (TPSA) is 93.7 Å². The van der Waals surface area contributed by atoms with E-state index in [4.69, 9.17) is 9.47 Å². The first kappa shape index (κ1) is 23.9. The number of hydrogen-bond donors (Lipinski definition) is 2. The second kappa shape index (κ2) is 10.5. The molecule has 0 spiro atoms. The van der Waals surface area contributed by atoms with Crippen molar-refractivity contribution in [3.8, 4) is 5.75 Å². The zero-order chi connectivity index (χ0) is 21.5. The van der Waals surface area contributed by atoms with Crippen LogP contribution >= 0.6 is 0 Å². The fourth-order valence-electron chi connectivity index (χ4n) is 2.49. The Balaban J connectivity index is 2.67. The molecule has 0 aliphatic heterocycles. The summed E-state index contributed by atoms with van der Waals surface area (Å²) in [5.41, 5.74) is 1.34. The first-order chi connectivity index (χ1) is 12.9. The van der Waals surface area contributed by atoms with Gasteiger partial charge in [0.1, 0.15) is 24.0 Å². The van der Waals surface area contributed by atoms with Crippen LogP contribution in [0.5, 0.6) is 5.75 Å². The second-order valence-corrected chi connectivity index (χ2v) is 9.36. The lowest BCUT2D eigenvalue weighted by Crippen LogP contribution is -2.53. The standard InChI is InChI=1S/C20H32N2O5S/c1-13-9-8-10-14(2)17(13)26-11-15(3)21-18(23)16(12-28(7)25)22-19(24)27-20(4,5)6/h8-10,15-16H,11-12H2,1-7H3,(H,21,23)(H,22,24)/t15?,16-,28?/m0/s1. The van der Waals surface area contributed by atoms with Gasteiger partial charge in [-0.2, -0.15) is 0 Å². The van der Waals surface area contributed by atoms with Gasteiger partial charge in [0.05, 0.1) is 11.8 Å². The third-order valence-corrected chi connectivity index (χ3v) is 4.49. The Morgan fingerprint density at radius 3 is 2.21 bits per heavy atom. The molecule has 1 rings (SSSR count). The minimum atomic E-state index is -1.27. The zero-order valence-corrected chi connectivity index (χ0v) is 18.6. The normalized spacial score (nSPS) is 14.5. The fourth-order valence-corrected chi connectivity index (χ4v) is 3.19. The van der Waals surface area contributed by atoms with Gasteiger partial charge in [0, 0.05) is 17.1 Å². The van der Waals surface area contributed by atoms with Gasteiger partial charge >= 0.3 is 6.09 Å². The van der Waals surface area contributed by atoms with Crippen LogP contribution in [0, 0.1) is 13.8 Å². The molecule has 2 unspecified atom stereocenters. The molecule has 7 nitrogen and oxygen atoms in total. The predicted molar refractivity (Wildman–Crippen MR) is 111 cm³/mol. The number of para-hydroxylation sites is 1. The number of rotatable bonds is 8. The minimum absolute atomic E-state index is 0.00441. The maximum absolute atomic E-state index is 12.6. The number of ether oxygens (including phenoxy) is 2. The predicted octanol–water partition coefficient (Wildman–Crippen LogP) is 2.46. The molecule has 0 heterocycles. The molecule has 0 saturated heterocycles. The molecule has 8 heteroatoms. The number of carbonyl (C=O) groups excluding carboxylic acids is 2. The highest BCUT2D eigenvalue weighted by Gasteiger charge is 2.26. The number of hydrogen-bond acceptors (Lipinski definition) is 5. The van der Waals surface area contributed by atoms with Crippen LogP contribution in [0.4, 0.5) is 4.79 Å². The van der Waals surface area contributed by atoms with E-state index in [0.29, 0.717) is 0 Å². The van der Waals surface area contributed by atoms with E-state index in [-0.39, 0.29) is 18.4 Å². The molecule has 0 saturated carbocycles. The number of aryl methyl sites for hydroxylation is 2. The molecule has 2 N–H and O–H groups in total. The van der Waals surface area contributed by atoms with E-state index in [1.165, 1.54) is 6.26 Å². The first-order valence-corrected chi connectivity index (χ1v) is 10.9. The summed E-state index contributed by atoms with van der Waals surface area (Å²) in [7, 11) is -1.27. The summed E-state index contributed by atoms with van der Waals surface area (Å²) in [5.74, 6) is 0.357. The second-order valence-electron chi connectivity index (χ2n) is 7.88. The molecule has 158 valence electrons. The van der Waals surface area contributed by atoms with Gasteiger partial charge in [-0.1, -0.05) is 18.2 Å². The maximum atomic E-state index is 12.6. The van der Waals surface area contributed by atoms with Crippen LogP contribution in [-0.2, 0) is 20.3 Å². The Morgan fingerprint density at radius 1 is 1.14 bits per heavy atom. The van der Waals surface area contributed by atoms with E-state index in [9.17, 15) is 13.8 Å². The van der Waals surface area contributed by atoms with E-state index in [1.54, 1.807) is 27.7 Å². The van der Waals surface area contributed by atoms with Crippen molar-refractivity contribution in [3.63, 3.8) is 0 Å². The molecule has 0 aliphatic rings. The van der Waals surface area contributed by atoms with E-state index < -0.39 is 34.4 Å². The van der Waals surface area contributed by atoms with Crippen LogP contribution in [0.15, 0.2) is 18.2 Å². The largest absolute Gasteiger partial charge is 0.491 e. The van der Waals surface area contributed by atoms with Gasteiger partial charge in [-0.3, -0.25) is 9.00 Å². The number of amides is 2. The average Bonchev–Trinajstić information content (AvgIpc) is 2.51. The molecule has 0 radical (unpaired) electrons. The lowest BCUT2D eigenvalue weighted by atomic mass is 10.1. The van der Waals surface area contributed by atoms with Crippen molar-refractivity contribution >= 4 is 22.8 Å². The van der Waals surface area contributed by atoms with Crippen LogP contribution in [0.2, 0.25) is 0 Å². The van der Waals surface area contributed by atoms with Crippen LogP contribution in [0.25, 0.3) is 0 Å². The van der Waals surface area contributed by atoms with Crippen molar-refractivity contribution in [2.75, 3.05) is 18.6 Å². The summed E-state index contributed by atoms with van der Waals surface area (Å²) >= 11 is 0. The highest BCUT2D eigenvalue weighted by atomic mass is 32.2. The first-order valence-electron chi connectivity index (χ1n) is 9.18. The van der Waals surface area contributed by atoms with Gasteiger partial charge in [0.25, 0.3) is 0 Å². The molecule has 0 bridgehead atoms. The molecular weight excluding hydrogens is 380 g/mol. The quantitative estimate of drug-likeness (QED) is 0.684. The van der Waals surface area contributed by atoms with E-state index in [1.807, 2.05) is 32.0 Å². The fraction of sp³-hybridized carbons (Fsp3) is 0.600. The van der Waals surface area contributed by atoms with Gasteiger partial charge in [0.15, 0.2) is 0 Å². The molecule has 1 aromatic carbocycles. The lowest BCUT2D eigenvalue weighted by Gasteiger charge is -2.24. The van der Waals surface area contributed by atoms with Crippen LogP contribution in [-0.4, -0.2) is 52.5 Å². The highest BCUT2D eigenvalue weighted by Crippen LogP contribution is 2.22. The monoisotopic (exact) mass is 412 g/mol. The van der Waals surface area contributed by atoms with Crippen LogP contribution in [0.1, 0.15) is 38.8 Å². The van der Waals surface area contributed by atoms with Gasteiger partial charge in [0.2, 0.25) is 5.91 Å². The molecule has 28 heavy (non-hydrogen) atoms. The van der Waals surface area contributed by atoms with Crippen LogP contribution in [0.3, 0.4) is 0 Å². The zero-order valence-electron chi connectivity index (χ0n) is 17.8. The van der Waals surface area contributed by atoms with Gasteiger partial charge in [-0.15, -0.1) is 0 Å². The molecule has 1 aromatic rings. The van der Waals surface area contributed by atoms with Crippen molar-refractivity contribution in [3.05, 3.63) is 29.3 Å². The Morgan fingerprint density at radius 2 is 1.71 bits per heavy atom. The van der Waals surface area contributed by atoms with Gasteiger partial charge in [-0.05, 0) is 52.7 Å². The van der Waals surface area contributed by atoms with Crippen molar-refractivity contribution in [1.29, 1.82) is 0 Å². The number of nitrogens with one attached hydrogen (secondary N) is 2. The lowest BCUT2D eigenvalue weighted by molar-refractivity contribution is -0.123. The van der Waals surface area contributed by atoms with Crippen LogP contribution < -0.4 is 15.4 Å². The Labute approximate surface area is 170 Å². The molecule has 0 aromatic heterocycles. The van der Waals surface area contributed by atoms with Gasteiger partial charge in [-0.25, -0.2) is 4.79 Å². The Kier molecular flexibility index (Phi) is 8.94. The summed E-state index contributed by atoms with van der Waals surface area (Å²) in [6.45, 7) is 11.2. The summed E-state index contributed by atoms with van der Waals surface area (Å²) in [4.78, 5) is 24.6. The minimum Gasteiger partial charge on any atom is -0.491 e. The SMILES string of the molecule is Cc1cccc(C)c1OCC(C)NC(=O)[C@H](CS(C)=O)NC(=O)OC(C)(C)C. The third-order valence-electron chi connectivity index (χ3n) is 3.68. The maximum Gasteiger partial charge on any atom is 0.408 e. The Bertz CT molecular complexity index is 695. The van der Waals surface area contributed by atoms with Crippen molar-refractivity contribution in [2.45, 2.75) is 59.2 Å². The van der Waals surface area contributed by atoms with Gasteiger partial charge < -0.3 is 20.1 Å². The highest BCUT2D eigenvalue weighted by molar-refractivity contribution is 7.84. The van der Waals surface area contributed by atoms with Crippen molar-refractivity contribution < 1.29 is 23.3 Å². The summed E-state index contributed by atoms with van der Waals surface area (Å²) in [6, 6.07) is 4.62. The average molecular weight is 413 g/mol. The summed E-state index contributed by atoms with van der Waals surface area (Å²) in [5, 5.41) is 5.29. The third kappa shape index (κ3) is 8.73. The molecule has 0 aliphatic carbocycles. The summed E-state index contributed by atoms with van der Waals surface area (Å²) < 4.78 is 22.6. The van der Waals surface area contributed by atoms with Crippen molar-refractivity contribution in [2.24, 2.45) is 0 Å². The summed E-state index contributed by atoms with van der Waals surface area (Å²) in [6.07, 6.45) is 0.752. The molecular formula is C20H32N2O5S. The Hall–Kier alpha value is -2.09. The number of benzene rings is 1. The van der Waals surface area contributed by atoms with E-state index in [0.717, 1.165) is 16.9 Å². The molecule has 2 amide bonds. The molecule has 3 atom stereocenters.